The molecule has 3 aromatic rings. The van der Waals surface area contributed by atoms with Gasteiger partial charge in [0, 0.05) is 22.6 Å². The third-order valence-electron chi connectivity index (χ3n) is 7.34. The summed E-state index contributed by atoms with van der Waals surface area (Å²) in [5.41, 5.74) is 6.92. The van der Waals surface area contributed by atoms with Gasteiger partial charge in [0.25, 0.3) is 5.91 Å². The van der Waals surface area contributed by atoms with E-state index in [1.54, 1.807) is 0 Å². The molecule has 1 heterocycles. The maximum Gasteiger partial charge on any atom is 0.255 e. The Labute approximate surface area is 165 Å². The van der Waals surface area contributed by atoms with Crippen LogP contribution in [0.1, 0.15) is 66.8 Å². The first kappa shape index (κ1) is 17.4. The highest BCUT2D eigenvalue weighted by Gasteiger charge is 2.61. The Hall–Kier alpha value is -2.75. The predicted molar refractivity (Wildman–Crippen MR) is 112 cm³/mol. The van der Waals surface area contributed by atoms with E-state index in [2.05, 4.69) is 26.1 Å². The summed E-state index contributed by atoms with van der Waals surface area (Å²) in [6.45, 7) is 9.06. The molecule has 1 fully saturated rings. The molecule has 28 heavy (non-hydrogen) atoms. The number of hydrogen-bond acceptors (Lipinski definition) is 3. The lowest BCUT2D eigenvalue weighted by atomic mass is 9.70. The average molecular weight is 371 g/mol. The summed E-state index contributed by atoms with van der Waals surface area (Å²) in [6, 6.07) is 13.4. The van der Waals surface area contributed by atoms with Crippen molar-refractivity contribution in [2.45, 2.75) is 51.9 Å². The van der Waals surface area contributed by atoms with Gasteiger partial charge in [-0.15, -0.1) is 0 Å². The number of carbonyl (C=O) groups excluding carboxylic acids is 1. The van der Waals surface area contributed by atoms with Crippen molar-refractivity contribution in [3.8, 4) is 0 Å². The van der Waals surface area contributed by atoms with Gasteiger partial charge in [-0.05, 0) is 55.5 Å². The van der Waals surface area contributed by atoms with E-state index in [9.17, 15) is 4.79 Å². The number of aryl methyl sites for hydroxylation is 1. The van der Waals surface area contributed by atoms with E-state index in [1.165, 1.54) is 18.5 Å². The molecule has 1 N–H and O–H groups in total. The molecule has 0 saturated heterocycles. The molecule has 4 nitrogen and oxygen atoms in total. The van der Waals surface area contributed by atoms with E-state index in [0.717, 1.165) is 28.0 Å². The molecule has 1 saturated carbocycles. The number of benzene rings is 2. The SMILES string of the molecule is Cc1ccc(C(=O)Nc2ccc3nc4c(nc3c2)C2CCC4(C)C2(C)C)cc1. The summed E-state index contributed by atoms with van der Waals surface area (Å²) in [4.78, 5) is 22.6. The van der Waals surface area contributed by atoms with Gasteiger partial charge in [0.1, 0.15) is 0 Å². The summed E-state index contributed by atoms with van der Waals surface area (Å²) < 4.78 is 0. The highest BCUT2D eigenvalue weighted by Crippen LogP contribution is 2.66. The van der Waals surface area contributed by atoms with E-state index in [0.29, 0.717) is 11.5 Å². The summed E-state index contributed by atoms with van der Waals surface area (Å²) >= 11 is 0. The molecule has 2 aliphatic carbocycles. The van der Waals surface area contributed by atoms with Crippen LogP contribution in [-0.4, -0.2) is 15.9 Å². The normalized spacial score (nSPS) is 24.4. The van der Waals surface area contributed by atoms with E-state index < -0.39 is 0 Å². The molecule has 0 radical (unpaired) electrons. The van der Waals surface area contributed by atoms with Crippen LogP contribution in [-0.2, 0) is 5.41 Å². The lowest BCUT2D eigenvalue weighted by molar-refractivity contribution is 0.102. The van der Waals surface area contributed by atoms with E-state index in [1.807, 2.05) is 49.4 Å². The number of nitrogens with zero attached hydrogens (tertiary/aromatic N) is 2. The van der Waals surface area contributed by atoms with Crippen molar-refractivity contribution in [1.29, 1.82) is 0 Å². The van der Waals surface area contributed by atoms with Gasteiger partial charge in [0.2, 0.25) is 0 Å². The molecule has 0 aliphatic heterocycles. The molecule has 2 aliphatic rings. The minimum atomic E-state index is -0.110. The number of aromatic nitrogens is 2. The number of anilines is 1. The van der Waals surface area contributed by atoms with Crippen LogP contribution in [0.2, 0.25) is 0 Å². The minimum Gasteiger partial charge on any atom is -0.322 e. The minimum absolute atomic E-state index is 0.104. The van der Waals surface area contributed by atoms with Crippen LogP contribution < -0.4 is 5.32 Å². The number of nitrogens with one attached hydrogen (secondary N) is 1. The molecule has 0 spiro atoms. The van der Waals surface area contributed by atoms with Crippen molar-refractivity contribution in [1.82, 2.24) is 9.97 Å². The first-order valence-corrected chi connectivity index (χ1v) is 10.00. The third-order valence-corrected chi connectivity index (χ3v) is 7.34. The number of amides is 1. The zero-order valence-electron chi connectivity index (χ0n) is 16.8. The highest BCUT2D eigenvalue weighted by atomic mass is 16.1. The third kappa shape index (κ3) is 2.27. The van der Waals surface area contributed by atoms with Gasteiger partial charge in [-0.2, -0.15) is 0 Å². The van der Waals surface area contributed by atoms with Gasteiger partial charge in [-0.1, -0.05) is 38.5 Å². The van der Waals surface area contributed by atoms with Crippen LogP contribution in [0, 0.1) is 12.3 Å². The molecule has 2 atom stereocenters. The number of carbonyl (C=O) groups is 1. The second-order valence-electron chi connectivity index (χ2n) is 9.13. The second kappa shape index (κ2) is 5.63. The zero-order valence-corrected chi connectivity index (χ0v) is 16.8. The first-order chi connectivity index (χ1) is 13.3. The van der Waals surface area contributed by atoms with Crippen molar-refractivity contribution in [2.75, 3.05) is 5.32 Å². The number of hydrogen-bond donors (Lipinski definition) is 1. The van der Waals surface area contributed by atoms with E-state index >= 15 is 0 Å². The van der Waals surface area contributed by atoms with E-state index in [-0.39, 0.29) is 16.7 Å². The standard InChI is InChI=1S/C24H25N3O/c1-14-5-7-15(8-6-14)22(28)25-16-9-10-18-19(13-16)26-20-17-11-12-24(4,21(20)27-18)23(17,2)3/h5-10,13,17H,11-12H2,1-4H3,(H,25,28). The van der Waals surface area contributed by atoms with Crippen LogP contribution in [0.5, 0.6) is 0 Å². The zero-order chi connectivity index (χ0) is 19.7. The van der Waals surface area contributed by atoms with Crippen molar-refractivity contribution in [3.63, 3.8) is 0 Å². The van der Waals surface area contributed by atoms with Crippen LogP contribution in [0.15, 0.2) is 42.5 Å². The van der Waals surface area contributed by atoms with Crippen molar-refractivity contribution in [2.24, 2.45) is 5.41 Å². The lowest BCUT2D eigenvalue weighted by Crippen LogP contribution is -2.31. The largest absolute Gasteiger partial charge is 0.322 e. The van der Waals surface area contributed by atoms with Crippen molar-refractivity contribution in [3.05, 3.63) is 65.0 Å². The van der Waals surface area contributed by atoms with Gasteiger partial charge in [0.15, 0.2) is 0 Å². The van der Waals surface area contributed by atoms with Gasteiger partial charge in [-0.25, -0.2) is 9.97 Å². The van der Waals surface area contributed by atoms with Crippen molar-refractivity contribution < 1.29 is 4.79 Å². The van der Waals surface area contributed by atoms with E-state index in [4.69, 9.17) is 9.97 Å². The van der Waals surface area contributed by atoms with Crippen LogP contribution in [0.4, 0.5) is 5.69 Å². The maximum absolute atomic E-state index is 12.5. The Morgan fingerprint density at radius 2 is 1.79 bits per heavy atom. The summed E-state index contributed by atoms with van der Waals surface area (Å²) in [5, 5.41) is 2.99. The van der Waals surface area contributed by atoms with Crippen LogP contribution >= 0.6 is 0 Å². The fourth-order valence-electron chi connectivity index (χ4n) is 5.11. The van der Waals surface area contributed by atoms with Gasteiger partial charge in [-0.3, -0.25) is 4.79 Å². The molecular formula is C24H25N3O. The molecular weight excluding hydrogens is 346 g/mol. The van der Waals surface area contributed by atoms with Gasteiger partial charge < -0.3 is 5.32 Å². The Balaban J connectivity index is 1.51. The fraction of sp³-hybridized carbons (Fsp3) is 0.375. The highest BCUT2D eigenvalue weighted by molar-refractivity contribution is 6.05. The van der Waals surface area contributed by atoms with Crippen molar-refractivity contribution >= 4 is 22.6 Å². The smallest absolute Gasteiger partial charge is 0.255 e. The molecule has 5 rings (SSSR count). The molecule has 4 heteroatoms. The molecule has 1 amide bonds. The summed E-state index contributed by atoms with van der Waals surface area (Å²) in [7, 11) is 0. The summed E-state index contributed by atoms with van der Waals surface area (Å²) in [5.74, 6) is 0.358. The maximum atomic E-state index is 12.5. The monoisotopic (exact) mass is 371 g/mol. The predicted octanol–water partition coefficient (Wildman–Crippen LogP) is 5.37. The Kier molecular flexibility index (Phi) is 3.49. The molecule has 1 aromatic heterocycles. The topological polar surface area (TPSA) is 54.9 Å². The Morgan fingerprint density at radius 1 is 1.04 bits per heavy atom. The lowest BCUT2D eigenvalue weighted by Gasteiger charge is -2.34. The van der Waals surface area contributed by atoms with Gasteiger partial charge in [0.05, 0.1) is 22.4 Å². The first-order valence-electron chi connectivity index (χ1n) is 10.00. The quantitative estimate of drug-likeness (QED) is 0.659. The second-order valence-corrected chi connectivity index (χ2v) is 9.13. The van der Waals surface area contributed by atoms with Gasteiger partial charge >= 0.3 is 0 Å². The number of rotatable bonds is 2. The molecule has 142 valence electrons. The molecule has 2 unspecified atom stereocenters. The Bertz CT molecular complexity index is 1120. The fourth-order valence-corrected chi connectivity index (χ4v) is 5.11. The van der Waals surface area contributed by atoms with Crippen LogP contribution in [0.25, 0.3) is 11.0 Å². The van der Waals surface area contributed by atoms with Crippen LogP contribution in [0.3, 0.4) is 0 Å². The summed E-state index contributed by atoms with van der Waals surface area (Å²) in [6.07, 6.45) is 2.36. The average Bonchev–Trinajstić information content (AvgIpc) is 2.99. The Morgan fingerprint density at radius 3 is 2.54 bits per heavy atom. The number of fused-ring (bicyclic) bond motifs is 6. The molecule has 2 bridgehead atoms. The molecule has 2 aromatic carbocycles.